The van der Waals surface area contributed by atoms with Crippen LogP contribution in [-0.4, -0.2) is 40.7 Å². The second-order valence-corrected chi connectivity index (χ2v) is 7.96. The zero-order valence-corrected chi connectivity index (χ0v) is 14.5. The molecule has 2 aromatic rings. The van der Waals surface area contributed by atoms with E-state index in [1.54, 1.807) is 42.9 Å². The number of nitrogens with zero attached hydrogens (tertiary/aromatic N) is 3. The Morgan fingerprint density at radius 3 is 2.67 bits per heavy atom. The summed E-state index contributed by atoms with van der Waals surface area (Å²) in [5.41, 5.74) is 2.26. The fraction of sp³-hybridized carbons (Fsp3) is 0.375. The Morgan fingerprint density at radius 1 is 1.29 bits per heavy atom. The quantitative estimate of drug-likeness (QED) is 0.905. The molecule has 1 aromatic carbocycles. The maximum Gasteiger partial charge on any atom is 0.256 e. The van der Waals surface area contributed by atoms with Crippen molar-refractivity contribution in [2.75, 3.05) is 17.6 Å². The van der Waals surface area contributed by atoms with Crippen LogP contribution in [0.25, 0.3) is 0 Å². The summed E-state index contributed by atoms with van der Waals surface area (Å²) < 4.78 is 27.4. The van der Waals surface area contributed by atoms with Gasteiger partial charge in [0.15, 0.2) is 5.82 Å². The van der Waals surface area contributed by atoms with Crippen molar-refractivity contribution in [3.8, 4) is 0 Å². The molecule has 0 bridgehead atoms. The van der Waals surface area contributed by atoms with Gasteiger partial charge >= 0.3 is 0 Å². The highest BCUT2D eigenvalue weighted by atomic mass is 32.2. The first-order valence-electron chi connectivity index (χ1n) is 7.81. The molecule has 0 spiro atoms. The van der Waals surface area contributed by atoms with Crippen molar-refractivity contribution >= 4 is 21.7 Å². The van der Waals surface area contributed by atoms with E-state index in [1.807, 2.05) is 6.07 Å². The molecule has 0 atom stereocenters. The van der Waals surface area contributed by atoms with Crippen LogP contribution in [0.2, 0.25) is 0 Å². The number of anilines is 1. The molecular formula is C16H20N4O3S. The van der Waals surface area contributed by atoms with Crippen molar-refractivity contribution in [2.24, 2.45) is 7.05 Å². The van der Waals surface area contributed by atoms with Crippen molar-refractivity contribution < 1.29 is 13.2 Å². The zero-order chi connectivity index (χ0) is 17.3. The van der Waals surface area contributed by atoms with Gasteiger partial charge in [-0.25, -0.2) is 8.42 Å². The lowest BCUT2D eigenvalue weighted by Gasteiger charge is -2.26. The van der Waals surface area contributed by atoms with Crippen LogP contribution < -0.4 is 5.32 Å². The van der Waals surface area contributed by atoms with Crippen LogP contribution in [0.3, 0.4) is 0 Å². The lowest BCUT2D eigenvalue weighted by atomic mass is 10.1. The van der Waals surface area contributed by atoms with Gasteiger partial charge in [-0.05, 0) is 19.1 Å². The van der Waals surface area contributed by atoms with Crippen LogP contribution in [0, 0.1) is 0 Å². The predicted octanol–water partition coefficient (Wildman–Crippen LogP) is 1.38. The lowest BCUT2D eigenvalue weighted by Crippen LogP contribution is -2.37. The minimum Gasteiger partial charge on any atom is -0.305 e. The fourth-order valence-corrected chi connectivity index (χ4v) is 3.92. The van der Waals surface area contributed by atoms with E-state index in [4.69, 9.17) is 0 Å². The Morgan fingerprint density at radius 2 is 2.00 bits per heavy atom. The third-order valence-electron chi connectivity index (χ3n) is 4.23. The molecule has 24 heavy (non-hydrogen) atoms. The van der Waals surface area contributed by atoms with Crippen molar-refractivity contribution in [3.63, 3.8) is 0 Å². The minimum absolute atomic E-state index is 0.0638. The molecule has 0 radical (unpaired) electrons. The van der Waals surface area contributed by atoms with Crippen molar-refractivity contribution in [2.45, 2.75) is 19.9 Å². The Kier molecular flexibility index (Phi) is 4.42. The third kappa shape index (κ3) is 3.07. The Balaban J connectivity index is 1.88. The molecule has 128 valence electrons. The van der Waals surface area contributed by atoms with Gasteiger partial charge in [0, 0.05) is 43.4 Å². The molecule has 1 aliphatic heterocycles. The standard InChI is InChI=1S/C16H20N4O3S/c1-3-24(22,23)20-10-9-14-13(11-20)15(18-19(14)2)17-16(21)12-7-5-4-6-8-12/h4-8H,3,9-11H2,1-2H3,(H,17,18,21). The summed E-state index contributed by atoms with van der Waals surface area (Å²) in [5, 5.41) is 7.17. The lowest BCUT2D eigenvalue weighted by molar-refractivity contribution is 0.102. The van der Waals surface area contributed by atoms with Crippen LogP contribution >= 0.6 is 0 Å². The topological polar surface area (TPSA) is 84.3 Å². The van der Waals surface area contributed by atoms with Gasteiger partial charge in [-0.1, -0.05) is 18.2 Å². The summed E-state index contributed by atoms with van der Waals surface area (Å²) in [6.07, 6.45) is 0.583. The van der Waals surface area contributed by atoms with Crippen LogP contribution in [0.15, 0.2) is 30.3 Å². The number of aryl methyl sites for hydroxylation is 1. The third-order valence-corrected chi connectivity index (χ3v) is 6.06. The van der Waals surface area contributed by atoms with E-state index in [-0.39, 0.29) is 18.2 Å². The highest BCUT2D eigenvalue weighted by Gasteiger charge is 2.30. The summed E-state index contributed by atoms with van der Waals surface area (Å²) in [4.78, 5) is 12.4. The molecule has 8 heteroatoms. The molecule has 0 saturated heterocycles. The molecule has 1 aliphatic rings. The SMILES string of the molecule is CCS(=O)(=O)N1CCc2c(c(NC(=O)c3ccccc3)nn2C)C1. The monoisotopic (exact) mass is 348 g/mol. The van der Waals surface area contributed by atoms with Crippen molar-refractivity contribution in [1.82, 2.24) is 14.1 Å². The summed E-state index contributed by atoms with van der Waals surface area (Å²) in [7, 11) is -1.46. The maximum atomic E-state index is 12.4. The molecule has 0 aliphatic carbocycles. The number of carbonyl (C=O) groups is 1. The number of hydrogen-bond acceptors (Lipinski definition) is 4. The number of fused-ring (bicyclic) bond motifs is 1. The fourth-order valence-electron chi connectivity index (χ4n) is 2.86. The average molecular weight is 348 g/mol. The highest BCUT2D eigenvalue weighted by Crippen LogP contribution is 2.27. The molecule has 0 unspecified atom stereocenters. The van der Waals surface area contributed by atoms with E-state index >= 15 is 0 Å². The van der Waals surface area contributed by atoms with E-state index in [0.29, 0.717) is 24.3 Å². The van der Waals surface area contributed by atoms with Crippen LogP contribution in [-0.2, 0) is 30.0 Å². The second kappa shape index (κ2) is 6.37. The number of amides is 1. The Labute approximate surface area is 141 Å². The van der Waals surface area contributed by atoms with Crippen LogP contribution in [0.1, 0.15) is 28.5 Å². The summed E-state index contributed by atoms with van der Waals surface area (Å²) in [6.45, 7) is 2.31. The van der Waals surface area contributed by atoms with Gasteiger partial charge in [-0.3, -0.25) is 9.48 Å². The van der Waals surface area contributed by atoms with E-state index in [9.17, 15) is 13.2 Å². The molecule has 2 heterocycles. The Hall–Kier alpha value is -2.19. The van der Waals surface area contributed by atoms with E-state index in [2.05, 4.69) is 10.4 Å². The van der Waals surface area contributed by atoms with Gasteiger partial charge < -0.3 is 5.32 Å². The molecular weight excluding hydrogens is 328 g/mol. The molecule has 1 amide bonds. The van der Waals surface area contributed by atoms with E-state index in [1.165, 1.54) is 4.31 Å². The van der Waals surface area contributed by atoms with Gasteiger partial charge in [-0.2, -0.15) is 9.40 Å². The smallest absolute Gasteiger partial charge is 0.256 e. The van der Waals surface area contributed by atoms with Crippen molar-refractivity contribution in [1.29, 1.82) is 0 Å². The number of hydrogen-bond donors (Lipinski definition) is 1. The maximum absolute atomic E-state index is 12.4. The van der Waals surface area contributed by atoms with Crippen LogP contribution in [0.4, 0.5) is 5.82 Å². The molecule has 0 fully saturated rings. The van der Waals surface area contributed by atoms with E-state index in [0.717, 1.165) is 11.3 Å². The van der Waals surface area contributed by atoms with Crippen molar-refractivity contribution in [3.05, 3.63) is 47.2 Å². The first-order valence-corrected chi connectivity index (χ1v) is 9.42. The average Bonchev–Trinajstić information content (AvgIpc) is 2.91. The predicted molar refractivity (Wildman–Crippen MR) is 91.2 cm³/mol. The van der Waals surface area contributed by atoms with Gasteiger partial charge in [-0.15, -0.1) is 0 Å². The largest absolute Gasteiger partial charge is 0.305 e. The number of aromatic nitrogens is 2. The van der Waals surface area contributed by atoms with Crippen LogP contribution in [0.5, 0.6) is 0 Å². The van der Waals surface area contributed by atoms with Gasteiger partial charge in [0.05, 0.1) is 5.75 Å². The number of rotatable bonds is 4. The number of benzene rings is 1. The normalized spacial score (nSPS) is 15.1. The molecule has 0 saturated carbocycles. The summed E-state index contributed by atoms with van der Waals surface area (Å²) in [5.74, 6) is 0.234. The number of sulfonamides is 1. The highest BCUT2D eigenvalue weighted by molar-refractivity contribution is 7.89. The molecule has 1 aromatic heterocycles. The molecule has 3 rings (SSSR count). The number of nitrogens with one attached hydrogen (secondary N) is 1. The van der Waals surface area contributed by atoms with Gasteiger partial charge in [0.1, 0.15) is 0 Å². The zero-order valence-electron chi connectivity index (χ0n) is 13.7. The van der Waals surface area contributed by atoms with E-state index < -0.39 is 10.0 Å². The van der Waals surface area contributed by atoms with Gasteiger partial charge in [0.25, 0.3) is 5.91 Å². The van der Waals surface area contributed by atoms with Gasteiger partial charge in [0.2, 0.25) is 10.0 Å². The number of carbonyl (C=O) groups excluding carboxylic acids is 1. The first-order chi connectivity index (χ1) is 11.4. The molecule has 7 nitrogen and oxygen atoms in total. The minimum atomic E-state index is -3.27. The summed E-state index contributed by atoms with van der Waals surface area (Å²) >= 11 is 0. The second-order valence-electron chi connectivity index (χ2n) is 5.70. The first kappa shape index (κ1) is 16.7. The summed E-state index contributed by atoms with van der Waals surface area (Å²) in [6, 6.07) is 8.86. The Bertz CT molecular complexity index is 859. The molecule has 1 N–H and O–H groups in total.